The third kappa shape index (κ3) is 2.93. The largest absolute Gasteiger partial charge is 0.359 e. The van der Waals surface area contributed by atoms with Crippen molar-refractivity contribution in [1.29, 1.82) is 0 Å². The molecular weight excluding hydrogens is 334 g/mol. The van der Waals surface area contributed by atoms with Crippen molar-refractivity contribution in [3.63, 3.8) is 0 Å². The van der Waals surface area contributed by atoms with Crippen molar-refractivity contribution >= 4 is 16.9 Å². The average molecular weight is 359 g/mol. The molecule has 0 atom stereocenters. The summed E-state index contributed by atoms with van der Waals surface area (Å²) in [6, 6.07) is 4.93. The highest BCUT2D eigenvalue weighted by Crippen LogP contribution is 2.31. The van der Waals surface area contributed by atoms with E-state index in [-0.39, 0.29) is 11.4 Å². The summed E-state index contributed by atoms with van der Waals surface area (Å²) in [7, 11) is 4.34. The minimum absolute atomic E-state index is 0.000882. The van der Waals surface area contributed by atoms with Crippen LogP contribution in [-0.2, 0) is 0 Å². The van der Waals surface area contributed by atoms with E-state index in [4.69, 9.17) is 0 Å². The number of hydrogen-bond acceptors (Lipinski definition) is 6. The van der Waals surface area contributed by atoms with E-state index in [2.05, 4.69) is 33.7 Å². The Bertz CT molecular complexity index is 812. The van der Waals surface area contributed by atoms with Gasteiger partial charge in [0.25, 0.3) is 5.91 Å². The van der Waals surface area contributed by atoms with E-state index < -0.39 is 0 Å². The maximum absolute atomic E-state index is 13.2. The van der Waals surface area contributed by atoms with Crippen molar-refractivity contribution in [2.45, 2.75) is 24.8 Å². The van der Waals surface area contributed by atoms with Gasteiger partial charge in [0.1, 0.15) is 0 Å². The van der Waals surface area contributed by atoms with Gasteiger partial charge in [-0.2, -0.15) is 0 Å². The molecule has 2 aliphatic heterocycles. The number of piperidine rings is 1. The Balaban J connectivity index is 1.59. The number of carbonyl (C=O) groups is 1. The van der Waals surface area contributed by atoms with Gasteiger partial charge in [-0.15, -0.1) is 0 Å². The maximum Gasteiger partial charge on any atom is 0.254 e. The van der Waals surface area contributed by atoms with Crippen molar-refractivity contribution in [3.8, 4) is 0 Å². The first-order valence-electron chi connectivity index (χ1n) is 9.17. The van der Waals surface area contributed by atoms with Gasteiger partial charge in [0.15, 0.2) is 0 Å². The molecule has 0 N–H and O–H groups in total. The SMILES string of the molecule is CN1CCC2(CC1)CN(C(=O)c1ccc3c(c1)no[n+]3[O-])CCCN2C. The highest BCUT2D eigenvalue weighted by atomic mass is 16.8. The summed E-state index contributed by atoms with van der Waals surface area (Å²) in [5.74, 6) is 0.000882. The van der Waals surface area contributed by atoms with Gasteiger partial charge in [0.05, 0.1) is 0 Å². The molecule has 2 aromatic rings. The van der Waals surface area contributed by atoms with Gasteiger partial charge in [0, 0.05) is 42.0 Å². The van der Waals surface area contributed by atoms with Gasteiger partial charge in [-0.05, 0) is 63.5 Å². The van der Waals surface area contributed by atoms with Gasteiger partial charge >= 0.3 is 0 Å². The molecular formula is C18H25N5O3. The molecule has 1 spiro atoms. The fraction of sp³-hybridized carbons (Fsp3) is 0.611. The minimum Gasteiger partial charge on any atom is -0.359 e. The summed E-state index contributed by atoms with van der Waals surface area (Å²) in [6.45, 7) is 4.61. The van der Waals surface area contributed by atoms with E-state index in [0.717, 1.165) is 52.0 Å². The molecule has 0 unspecified atom stereocenters. The first kappa shape index (κ1) is 17.2. The molecule has 26 heavy (non-hydrogen) atoms. The molecule has 8 heteroatoms. The predicted molar refractivity (Wildman–Crippen MR) is 95.6 cm³/mol. The maximum atomic E-state index is 13.2. The van der Waals surface area contributed by atoms with E-state index in [1.54, 1.807) is 18.2 Å². The zero-order chi connectivity index (χ0) is 18.3. The van der Waals surface area contributed by atoms with E-state index in [9.17, 15) is 10.0 Å². The second kappa shape index (κ2) is 6.51. The molecule has 1 aromatic heterocycles. The number of amides is 1. The number of likely N-dealkylation sites (N-methyl/N-ethyl adjacent to an activating group) is 1. The highest BCUT2D eigenvalue weighted by Gasteiger charge is 2.41. The van der Waals surface area contributed by atoms with Crippen LogP contribution < -0.4 is 4.90 Å². The average Bonchev–Trinajstić information content (AvgIpc) is 2.94. The second-order valence-corrected chi connectivity index (χ2v) is 7.66. The third-order valence-electron chi connectivity index (χ3n) is 6.05. The number of nitrogens with zero attached hydrogens (tertiary/aromatic N) is 5. The van der Waals surface area contributed by atoms with Crippen LogP contribution in [0.2, 0.25) is 0 Å². The van der Waals surface area contributed by atoms with Gasteiger partial charge in [-0.25, -0.2) is 0 Å². The van der Waals surface area contributed by atoms with Crippen LogP contribution in [-0.4, -0.2) is 78.1 Å². The zero-order valence-corrected chi connectivity index (χ0v) is 15.3. The Labute approximate surface area is 152 Å². The number of benzene rings is 1. The zero-order valence-electron chi connectivity index (χ0n) is 15.3. The lowest BCUT2D eigenvalue weighted by atomic mass is 9.85. The first-order chi connectivity index (χ1) is 12.5. The van der Waals surface area contributed by atoms with E-state index >= 15 is 0 Å². The lowest BCUT2D eigenvalue weighted by Gasteiger charge is -2.47. The summed E-state index contributed by atoms with van der Waals surface area (Å²) >= 11 is 0. The number of fused-ring (bicyclic) bond motifs is 1. The van der Waals surface area contributed by atoms with Crippen molar-refractivity contribution in [2.24, 2.45) is 0 Å². The standard InChI is InChI=1S/C18H25N5O3/c1-20-10-6-18(7-11-20)13-22(9-3-8-21(18)2)17(24)14-4-5-16-15(12-14)19-26-23(16)25/h4-5,12H,3,6-11,13H2,1-2H3. The van der Waals surface area contributed by atoms with Crippen molar-refractivity contribution in [1.82, 2.24) is 19.9 Å². The number of likely N-dealkylation sites (tertiary alicyclic amines) is 1. The normalized spacial score (nSPS) is 22.0. The van der Waals surface area contributed by atoms with Gasteiger partial charge in [-0.1, -0.05) is 0 Å². The molecule has 3 heterocycles. The monoisotopic (exact) mass is 359 g/mol. The Morgan fingerprint density at radius 1 is 1.23 bits per heavy atom. The molecule has 0 bridgehead atoms. The van der Waals surface area contributed by atoms with Crippen LogP contribution in [0.25, 0.3) is 11.0 Å². The number of aromatic nitrogens is 2. The summed E-state index contributed by atoms with van der Waals surface area (Å²) in [6.07, 6.45) is 3.11. The van der Waals surface area contributed by atoms with Gasteiger partial charge in [-0.3, -0.25) is 14.3 Å². The minimum atomic E-state index is 0.000882. The van der Waals surface area contributed by atoms with Crippen LogP contribution in [0, 0.1) is 5.21 Å². The van der Waals surface area contributed by atoms with Crippen molar-refractivity contribution in [2.75, 3.05) is 46.8 Å². The van der Waals surface area contributed by atoms with Crippen LogP contribution in [0.4, 0.5) is 0 Å². The highest BCUT2D eigenvalue weighted by molar-refractivity contribution is 5.97. The Hall–Kier alpha value is -2.19. The first-order valence-corrected chi connectivity index (χ1v) is 9.17. The quantitative estimate of drug-likeness (QED) is 0.698. The van der Waals surface area contributed by atoms with E-state index in [1.807, 2.05) is 4.90 Å². The molecule has 4 rings (SSSR count). The molecule has 1 amide bonds. The molecule has 8 nitrogen and oxygen atoms in total. The van der Waals surface area contributed by atoms with Gasteiger partial charge < -0.3 is 15.0 Å². The Morgan fingerprint density at radius 3 is 2.77 bits per heavy atom. The molecule has 0 radical (unpaired) electrons. The molecule has 0 aliphatic carbocycles. The van der Waals surface area contributed by atoms with Crippen molar-refractivity contribution < 1.29 is 14.3 Å². The summed E-state index contributed by atoms with van der Waals surface area (Å²) < 4.78 is 4.60. The lowest BCUT2D eigenvalue weighted by Crippen LogP contribution is -2.58. The topological polar surface area (TPSA) is 79.8 Å². The molecule has 2 aliphatic rings. The Kier molecular flexibility index (Phi) is 4.32. The molecule has 140 valence electrons. The predicted octanol–water partition coefficient (Wildman–Crippen LogP) is 0.703. The van der Waals surface area contributed by atoms with Crippen LogP contribution >= 0.6 is 0 Å². The summed E-state index contributed by atoms with van der Waals surface area (Å²) in [4.78, 5) is 20.3. The molecule has 1 aromatic carbocycles. The van der Waals surface area contributed by atoms with Gasteiger partial charge in [0.2, 0.25) is 11.0 Å². The lowest BCUT2D eigenvalue weighted by molar-refractivity contribution is -0.782. The van der Waals surface area contributed by atoms with Crippen LogP contribution in [0.3, 0.4) is 0 Å². The fourth-order valence-corrected chi connectivity index (χ4v) is 4.23. The summed E-state index contributed by atoms with van der Waals surface area (Å²) in [5, 5.41) is 15.2. The van der Waals surface area contributed by atoms with E-state index in [1.165, 1.54) is 0 Å². The Morgan fingerprint density at radius 2 is 2.00 bits per heavy atom. The van der Waals surface area contributed by atoms with E-state index in [0.29, 0.717) is 21.5 Å². The molecule has 2 saturated heterocycles. The molecule has 0 saturated carbocycles. The number of hydrogen-bond donors (Lipinski definition) is 0. The summed E-state index contributed by atoms with van der Waals surface area (Å²) in [5.41, 5.74) is 1.35. The van der Waals surface area contributed by atoms with Crippen LogP contribution in [0.15, 0.2) is 22.8 Å². The number of rotatable bonds is 1. The fourth-order valence-electron chi connectivity index (χ4n) is 4.23. The van der Waals surface area contributed by atoms with Crippen LogP contribution in [0.1, 0.15) is 29.6 Å². The molecule has 2 fully saturated rings. The van der Waals surface area contributed by atoms with Crippen LogP contribution in [0.5, 0.6) is 0 Å². The van der Waals surface area contributed by atoms with Crippen molar-refractivity contribution in [3.05, 3.63) is 29.0 Å². The number of carbonyl (C=O) groups excluding carboxylic acids is 1. The second-order valence-electron chi connectivity index (χ2n) is 7.66. The third-order valence-corrected chi connectivity index (χ3v) is 6.05. The smallest absolute Gasteiger partial charge is 0.254 e.